The van der Waals surface area contributed by atoms with E-state index in [1.807, 2.05) is 55.5 Å². The third-order valence-electron chi connectivity index (χ3n) is 6.49. The average molecular weight is 483 g/mol. The number of anilines is 1. The topological polar surface area (TPSA) is 70.5 Å². The van der Waals surface area contributed by atoms with E-state index in [0.717, 1.165) is 39.7 Å². The molecule has 5 rings (SSSR count). The zero-order valence-electron chi connectivity index (χ0n) is 19.9. The lowest BCUT2D eigenvalue weighted by Gasteiger charge is -2.23. The molecule has 0 spiro atoms. The first-order chi connectivity index (χ1) is 16.9. The van der Waals surface area contributed by atoms with Crippen molar-refractivity contribution in [3.63, 3.8) is 0 Å². The Morgan fingerprint density at radius 3 is 2.37 bits per heavy atom. The first-order valence-corrected chi connectivity index (χ1v) is 12.6. The molecule has 0 saturated carbocycles. The second-order valence-electron chi connectivity index (χ2n) is 8.79. The monoisotopic (exact) mass is 482 g/mol. The van der Waals surface area contributed by atoms with Crippen LogP contribution < -0.4 is 4.90 Å². The van der Waals surface area contributed by atoms with Crippen LogP contribution in [0, 0.1) is 6.92 Å². The first kappa shape index (κ1) is 23.0. The molecule has 0 bridgehead atoms. The third-order valence-corrected chi connectivity index (χ3v) is 7.51. The van der Waals surface area contributed by atoms with Crippen LogP contribution in [0.3, 0.4) is 0 Å². The smallest absolute Gasteiger partial charge is 0.301 e. The summed E-state index contributed by atoms with van der Waals surface area (Å²) in [6.07, 6.45) is 1.76. The number of carbonyl (C=O) groups excluding carboxylic acids is 2. The molecule has 1 aromatic heterocycles. The SMILES string of the molecule is CCc1ccc(/C(O)=C2\C(=O)C(=O)N(c3nc4ccc(CC)cc4s3)C2c2cccc(C)c2)cc1. The summed E-state index contributed by atoms with van der Waals surface area (Å²) in [5.41, 5.74) is 5.43. The van der Waals surface area contributed by atoms with Crippen LogP contribution in [-0.2, 0) is 22.4 Å². The number of aromatic nitrogens is 1. The second-order valence-corrected chi connectivity index (χ2v) is 9.79. The molecule has 5 nitrogen and oxygen atoms in total. The van der Waals surface area contributed by atoms with Gasteiger partial charge in [-0.1, -0.05) is 85.3 Å². The van der Waals surface area contributed by atoms with Gasteiger partial charge in [-0.3, -0.25) is 14.5 Å². The molecule has 4 aromatic rings. The van der Waals surface area contributed by atoms with Crippen molar-refractivity contribution in [1.29, 1.82) is 0 Å². The normalized spacial score (nSPS) is 17.5. The molecule has 1 unspecified atom stereocenters. The van der Waals surface area contributed by atoms with E-state index in [2.05, 4.69) is 19.9 Å². The number of aliphatic hydroxyl groups is 1. The average Bonchev–Trinajstić information content (AvgIpc) is 3.41. The van der Waals surface area contributed by atoms with E-state index in [9.17, 15) is 14.7 Å². The van der Waals surface area contributed by atoms with Crippen LogP contribution in [0.1, 0.15) is 47.7 Å². The zero-order valence-corrected chi connectivity index (χ0v) is 20.7. The van der Waals surface area contributed by atoms with Crippen molar-refractivity contribution in [2.75, 3.05) is 4.90 Å². The Morgan fingerprint density at radius 1 is 0.971 bits per heavy atom. The number of ketones is 1. The van der Waals surface area contributed by atoms with Gasteiger partial charge in [-0.05, 0) is 48.6 Å². The Balaban J connectivity index is 1.70. The predicted molar refractivity (Wildman–Crippen MR) is 141 cm³/mol. The van der Waals surface area contributed by atoms with Crippen LogP contribution in [0.2, 0.25) is 0 Å². The van der Waals surface area contributed by atoms with Crippen molar-refractivity contribution in [3.05, 3.63) is 100 Å². The molecular weight excluding hydrogens is 456 g/mol. The van der Waals surface area contributed by atoms with Gasteiger partial charge in [0.15, 0.2) is 5.13 Å². The van der Waals surface area contributed by atoms with E-state index in [-0.39, 0.29) is 11.3 Å². The van der Waals surface area contributed by atoms with Gasteiger partial charge < -0.3 is 5.11 Å². The number of Topliss-reactive ketones (excluding diaryl/α,β-unsaturated/α-hetero) is 1. The van der Waals surface area contributed by atoms with Crippen molar-refractivity contribution >= 4 is 44.1 Å². The van der Waals surface area contributed by atoms with E-state index in [0.29, 0.717) is 10.7 Å². The highest BCUT2D eigenvalue weighted by atomic mass is 32.1. The minimum absolute atomic E-state index is 0.0818. The summed E-state index contributed by atoms with van der Waals surface area (Å²) >= 11 is 1.38. The number of hydrogen-bond donors (Lipinski definition) is 1. The maximum Gasteiger partial charge on any atom is 0.301 e. The molecule has 1 fully saturated rings. The Hall–Kier alpha value is -3.77. The van der Waals surface area contributed by atoms with Crippen molar-refractivity contribution in [1.82, 2.24) is 4.98 Å². The Labute approximate surface area is 208 Å². The third kappa shape index (κ3) is 4.04. The van der Waals surface area contributed by atoms with Gasteiger partial charge in [0.2, 0.25) is 0 Å². The molecule has 1 aliphatic rings. The molecule has 176 valence electrons. The second kappa shape index (κ2) is 9.12. The number of amides is 1. The van der Waals surface area contributed by atoms with Gasteiger partial charge in [-0.15, -0.1) is 0 Å². The number of benzene rings is 3. The maximum atomic E-state index is 13.4. The number of hydrogen-bond acceptors (Lipinski definition) is 5. The Kier molecular flexibility index (Phi) is 5.99. The summed E-state index contributed by atoms with van der Waals surface area (Å²) in [5.74, 6) is -1.56. The number of carbonyl (C=O) groups is 2. The fourth-order valence-corrected chi connectivity index (χ4v) is 5.57. The minimum atomic E-state index is -0.771. The van der Waals surface area contributed by atoms with E-state index in [1.54, 1.807) is 12.1 Å². The molecule has 1 saturated heterocycles. The van der Waals surface area contributed by atoms with E-state index in [1.165, 1.54) is 21.8 Å². The van der Waals surface area contributed by atoms with E-state index in [4.69, 9.17) is 4.98 Å². The Morgan fingerprint density at radius 2 is 1.69 bits per heavy atom. The molecule has 3 aromatic carbocycles. The molecule has 35 heavy (non-hydrogen) atoms. The summed E-state index contributed by atoms with van der Waals surface area (Å²) in [5, 5.41) is 11.8. The molecule has 0 aliphatic carbocycles. The van der Waals surface area contributed by atoms with Crippen LogP contribution in [-0.4, -0.2) is 21.8 Å². The van der Waals surface area contributed by atoms with Gasteiger partial charge in [-0.25, -0.2) is 4.98 Å². The largest absolute Gasteiger partial charge is 0.507 e. The van der Waals surface area contributed by atoms with Crippen LogP contribution in [0.15, 0.2) is 72.3 Å². The van der Waals surface area contributed by atoms with Crippen molar-refractivity contribution in [2.45, 2.75) is 39.7 Å². The fourth-order valence-electron chi connectivity index (χ4n) is 4.52. The number of nitrogens with zero attached hydrogens (tertiary/aromatic N) is 2. The molecule has 1 atom stereocenters. The Bertz CT molecular complexity index is 1480. The number of fused-ring (bicyclic) bond motifs is 1. The summed E-state index contributed by atoms with van der Waals surface area (Å²) in [6, 6.07) is 20.4. The molecule has 2 heterocycles. The van der Waals surface area contributed by atoms with Crippen LogP contribution in [0.4, 0.5) is 5.13 Å². The maximum absolute atomic E-state index is 13.4. The highest BCUT2D eigenvalue weighted by molar-refractivity contribution is 7.22. The fraction of sp³-hybridized carbons (Fsp3) is 0.207. The molecular formula is C29H26N2O3S. The highest BCUT2D eigenvalue weighted by Gasteiger charge is 2.48. The highest BCUT2D eigenvalue weighted by Crippen LogP contribution is 2.44. The van der Waals surface area contributed by atoms with Gasteiger partial charge >= 0.3 is 5.91 Å². The lowest BCUT2D eigenvalue weighted by molar-refractivity contribution is -0.132. The molecule has 1 N–H and O–H groups in total. The van der Waals surface area contributed by atoms with Crippen molar-refractivity contribution in [3.8, 4) is 0 Å². The molecule has 6 heteroatoms. The zero-order chi connectivity index (χ0) is 24.7. The summed E-state index contributed by atoms with van der Waals surface area (Å²) in [7, 11) is 0. The molecule has 1 amide bonds. The van der Waals surface area contributed by atoms with E-state index < -0.39 is 17.7 Å². The molecule has 0 radical (unpaired) electrons. The lowest BCUT2D eigenvalue weighted by atomic mass is 9.94. The van der Waals surface area contributed by atoms with Gasteiger partial charge in [-0.2, -0.15) is 0 Å². The number of aryl methyl sites for hydroxylation is 3. The lowest BCUT2D eigenvalue weighted by Crippen LogP contribution is -2.29. The van der Waals surface area contributed by atoms with Crippen LogP contribution in [0.25, 0.3) is 16.0 Å². The summed E-state index contributed by atoms with van der Waals surface area (Å²) in [4.78, 5) is 33.0. The van der Waals surface area contributed by atoms with Gasteiger partial charge in [0.25, 0.3) is 5.78 Å². The molecule has 1 aliphatic heterocycles. The first-order valence-electron chi connectivity index (χ1n) is 11.8. The van der Waals surface area contributed by atoms with Crippen LogP contribution >= 0.6 is 11.3 Å². The minimum Gasteiger partial charge on any atom is -0.507 e. The summed E-state index contributed by atoms with van der Waals surface area (Å²) < 4.78 is 0.958. The van der Waals surface area contributed by atoms with Gasteiger partial charge in [0, 0.05) is 5.56 Å². The van der Waals surface area contributed by atoms with Crippen molar-refractivity contribution in [2.24, 2.45) is 0 Å². The standard InChI is InChI=1S/C29H26N2O3S/c1-4-18-9-12-20(13-10-18)26(32)24-25(21-8-6-7-17(3)15-21)31(28(34)27(24)33)29-30-22-14-11-19(5-2)16-23(22)35-29/h6-16,25,32H,4-5H2,1-3H3/b26-24+. The summed E-state index contributed by atoms with van der Waals surface area (Å²) in [6.45, 7) is 6.11. The number of aliphatic hydroxyl groups excluding tert-OH is 1. The number of thiazole rings is 1. The van der Waals surface area contributed by atoms with Gasteiger partial charge in [0.05, 0.1) is 21.8 Å². The van der Waals surface area contributed by atoms with Crippen molar-refractivity contribution < 1.29 is 14.7 Å². The quantitative estimate of drug-likeness (QED) is 0.204. The van der Waals surface area contributed by atoms with Crippen LogP contribution in [0.5, 0.6) is 0 Å². The number of rotatable bonds is 5. The van der Waals surface area contributed by atoms with Gasteiger partial charge in [0.1, 0.15) is 5.76 Å². The predicted octanol–water partition coefficient (Wildman–Crippen LogP) is 6.36. The van der Waals surface area contributed by atoms with E-state index >= 15 is 0 Å².